The van der Waals surface area contributed by atoms with Crippen LogP contribution in [0.2, 0.25) is 5.02 Å². The van der Waals surface area contributed by atoms with Crippen LogP contribution < -0.4 is 5.32 Å². The molecule has 5 heteroatoms. The zero-order valence-electron chi connectivity index (χ0n) is 12.8. The zero-order chi connectivity index (χ0) is 15.5. The number of halogens is 1. The summed E-state index contributed by atoms with van der Waals surface area (Å²) in [6.45, 7) is 3.82. The Labute approximate surface area is 136 Å². The van der Waals surface area contributed by atoms with Crippen LogP contribution in [-0.4, -0.2) is 27.5 Å². The van der Waals surface area contributed by atoms with E-state index in [1.54, 1.807) is 17.1 Å². The Kier molecular flexibility index (Phi) is 4.81. The number of aliphatic hydroxyl groups is 1. The molecule has 0 amide bonds. The van der Waals surface area contributed by atoms with Gasteiger partial charge in [-0.15, -0.1) is 0 Å². The van der Waals surface area contributed by atoms with Gasteiger partial charge in [-0.3, -0.25) is 0 Å². The molecule has 3 rings (SSSR count). The molecule has 1 aliphatic rings. The van der Waals surface area contributed by atoms with E-state index in [1.807, 2.05) is 0 Å². The lowest BCUT2D eigenvalue weighted by atomic mass is 10.1. The maximum atomic E-state index is 9.84. The largest absolute Gasteiger partial charge is 0.393 e. The summed E-state index contributed by atoms with van der Waals surface area (Å²) in [7, 11) is 0. The number of aliphatic hydroxyl groups excluding tert-OH is 1. The number of hydrogen-bond acceptors (Lipinski definition) is 3. The average Bonchev–Trinajstić information content (AvgIpc) is 3.10. The van der Waals surface area contributed by atoms with Crippen LogP contribution in [0.4, 0.5) is 0 Å². The number of aryl methyl sites for hydroxylation is 1. The molecule has 1 aromatic carbocycles. The molecule has 22 heavy (non-hydrogen) atoms. The van der Waals surface area contributed by atoms with Crippen LogP contribution in [0.1, 0.15) is 30.4 Å². The lowest BCUT2D eigenvalue weighted by molar-refractivity contribution is 0.131. The highest BCUT2D eigenvalue weighted by Gasteiger charge is 2.24. The molecule has 118 valence electrons. The Bertz CT molecular complexity index is 641. The van der Waals surface area contributed by atoms with Crippen molar-refractivity contribution in [1.82, 2.24) is 15.1 Å². The van der Waals surface area contributed by atoms with Crippen LogP contribution in [0.3, 0.4) is 0 Å². The van der Waals surface area contributed by atoms with Crippen molar-refractivity contribution in [3.05, 3.63) is 46.7 Å². The number of nitrogens with one attached hydrogen (secondary N) is 1. The summed E-state index contributed by atoms with van der Waals surface area (Å²) < 4.78 is 1.78. The van der Waals surface area contributed by atoms with Crippen LogP contribution in [-0.2, 0) is 6.54 Å². The van der Waals surface area contributed by atoms with E-state index in [0.717, 1.165) is 38.0 Å². The standard InChI is InChI=1S/C17H22ClN3O/c1-12-7-16(21-11-15(18)10-20-21)6-5-13(12)8-19-9-14-3-2-4-17(14)22/h5-7,10-11,14,17,19,22H,2-4,8-9H2,1H3/t14-,17-/m0/s1. The summed E-state index contributed by atoms with van der Waals surface area (Å²) in [4.78, 5) is 0. The third-order valence-electron chi connectivity index (χ3n) is 4.48. The highest BCUT2D eigenvalue weighted by molar-refractivity contribution is 6.30. The van der Waals surface area contributed by atoms with Crippen molar-refractivity contribution in [3.8, 4) is 5.69 Å². The lowest BCUT2D eigenvalue weighted by Gasteiger charge is -2.16. The Morgan fingerprint density at radius 3 is 2.91 bits per heavy atom. The second-order valence-corrected chi connectivity index (χ2v) is 6.54. The Balaban J connectivity index is 1.60. The summed E-state index contributed by atoms with van der Waals surface area (Å²) in [5.41, 5.74) is 3.51. The first-order chi connectivity index (χ1) is 10.6. The van der Waals surface area contributed by atoms with Gasteiger partial charge in [0.15, 0.2) is 0 Å². The molecule has 1 aromatic heterocycles. The molecular weight excluding hydrogens is 298 g/mol. The molecular formula is C17H22ClN3O. The Hall–Kier alpha value is -1.36. The summed E-state index contributed by atoms with van der Waals surface area (Å²) >= 11 is 5.91. The molecule has 0 aliphatic heterocycles. The molecule has 0 bridgehead atoms. The number of nitrogens with zero attached hydrogens (tertiary/aromatic N) is 2. The summed E-state index contributed by atoms with van der Waals surface area (Å²) in [5.74, 6) is 0.408. The summed E-state index contributed by atoms with van der Waals surface area (Å²) in [5, 5.41) is 18.2. The number of hydrogen-bond donors (Lipinski definition) is 2. The molecule has 1 aliphatic carbocycles. The van der Waals surface area contributed by atoms with Crippen molar-refractivity contribution in [1.29, 1.82) is 0 Å². The maximum absolute atomic E-state index is 9.84. The topological polar surface area (TPSA) is 50.1 Å². The van der Waals surface area contributed by atoms with Gasteiger partial charge in [-0.25, -0.2) is 4.68 Å². The zero-order valence-corrected chi connectivity index (χ0v) is 13.6. The van der Waals surface area contributed by atoms with Crippen molar-refractivity contribution in [2.45, 2.75) is 38.8 Å². The van der Waals surface area contributed by atoms with Crippen molar-refractivity contribution < 1.29 is 5.11 Å². The van der Waals surface area contributed by atoms with E-state index in [1.165, 1.54) is 11.1 Å². The molecule has 2 aromatic rings. The minimum atomic E-state index is -0.125. The van der Waals surface area contributed by atoms with E-state index in [9.17, 15) is 5.11 Å². The fourth-order valence-electron chi connectivity index (χ4n) is 3.11. The van der Waals surface area contributed by atoms with Gasteiger partial charge in [0.25, 0.3) is 0 Å². The van der Waals surface area contributed by atoms with Gasteiger partial charge in [-0.1, -0.05) is 24.1 Å². The van der Waals surface area contributed by atoms with Gasteiger partial charge in [0, 0.05) is 19.3 Å². The van der Waals surface area contributed by atoms with E-state index in [-0.39, 0.29) is 6.10 Å². The second-order valence-electron chi connectivity index (χ2n) is 6.10. The normalized spacial score (nSPS) is 21.4. The van der Waals surface area contributed by atoms with Gasteiger partial charge in [-0.2, -0.15) is 5.10 Å². The van der Waals surface area contributed by atoms with E-state index in [0.29, 0.717) is 10.9 Å². The minimum Gasteiger partial charge on any atom is -0.393 e. The second kappa shape index (κ2) is 6.82. The van der Waals surface area contributed by atoms with Crippen LogP contribution >= 0.6 is 11.6 Å². The first kappa shape index (κ1) is 15.5. The number of rotatable bonds is 5. The molecule has 4 nitrogen and oxygen atoms in total. The molecule has 1 saturated carbocycles. The molecule has 0 unspecified atom stereocenters. The van der Waals surface area contributed by atoms with Gasteiger partial charge in [0.1, 0.15) is 0 Å². The SMILES string of the molecule is Cc1cc(-n2cc(Cl)cn2)ccc1CNC[C@@H]1CCC[C@@H]1O. The van der Waals surface area contributed by atoms with Crippen molar-refractivity contribution in [2.75, 3.05) is 6.54 Å². The molecule has 1 heterocycles. The Morgan fingerprint density at radius 2 is 2.27 bits per heavy atom. The van der Waals surface area contributed by atoms with E-state index >= 15 is 0 Å². The quantitative estimate of drug-likeness (QED) is 0.890. The number of aromatic nitrogens is 2. The van der Waals surface area contributed by atoms with Crippen molar-refractivity contribution >= 4 is 11.6 Å². The lowest BCUT2D eigenvalue weighted by Crippen LogP contribution is -2.27. The van der Waals surface area contributed by atoms with Gasteiger partial charge in [0.2, 0.25) is 0 Å². The smallest absolute Gasteiger partial charge is 0.0790 e. The first-order valence-corrected chi connectivity index (χ1v) is 8.20. The highest BCUT2D eigenvalue weighted by atomic mass is 35.5. The molecule has 0 spiro atoms. The van der Waals surface area contributed by atoms with Crippen LogP contribution in [0, 0.1) is 12.8 Å². The monoisotopic (exact) mass is 319 g/mol. The summed E-state index contributed by atoms with van der Waals surface area (Å²) in [6, 6.07) is 6.29. The van der Waals surface area contributed by atoms with E-state index in [2.05, 4.69) is 35.5 Å². The average molecular weight is 320 g/mol. The maximum Gasteiger partial charge on any atom is 0.0790 e. The predicted octanol–water partition coefficient (Wildman–Crippen LogP) is 3.08. The van der Waals surface area contributed by atoms with Gasteiger partial charge < -0.3 is 10.4 Å². The minimum absolute atomic E-state index is 0.125. The van der Waals surface area contributed by atoms with Crippen molar-refractivity contribution in [3.63, 3.8) is 0 Å². The molecule has 0 radical (unpaired) electrons. The van der Waals surface area contributed by atoms with Gasteiger partial charge in [0.05, 0.1) is 23.0 Å². The van der Waals surface area contributed by atoms with Crippen LogP contribution in [0.15, 0.2) is 30.6 Å². The van der Waals surface area contributed by atoms with Crippen LogP contribution in [0.5, 0.6) is 0 Å². The van der Waals surface area contributed by atoms with Gasteiger partial charge >= 0.3 is 0 Å². The third kappa shape index (κ3) is 3.51. The molecule has 0 saturated heterocycles. The number of benzene rings is 1. The van der Waals surface area contributed by atoms with Gasteiger partial charge in [-0.05, 0) is 48.9 Å². The Morgan fingerprint density at radius 1 is 1.41 bits per heavy atom. The first-order valence-electron chi connectivity index (χ1n) is 7.82. The summed E-state index contributed by atoms with van der Waals surface area (Å²) in [6.07, 6.45) is 6.54. The van der Waals surface area contributed by atoms with Crippen LogP contribution in [0.25, 0.3) is 5.69 Å². The molecule has 2 N–H and O–H groups in total. The van der Waals surface area contributed by atoms with E-state index < -0.39 is 0 Å². The third-order valence-corrected chi connectivity index (χ3v) is 4.68. The van der Waals surface area contributed by atoms with Crippen molar-refractivity contribution in [2.24, 2.45) is 5.92 Å². The molecule has 1 fully saturated rings. The highest BCUT2D eigenvalue weighted by Crippen LogP contribution is 2.25. The van der Waals surface area contributed by atoms with E-state index in [4.69, 9.17) is 11.6 Å². The fraction of sp³-hybridized carbons (Fsp3) is 0.471. The fourth-order valence-corrected chi connectivity index (χ4v) is 3.25. The predicted molar refractivity (Wildman–Crippen MR) is 88.4 cm³/mol. The molecule has 2 atom stereocenters.